The highest BCUT2D eigenvalue weighted by Crippen LogP contribution is 2.30. The molecule has 2 aromatic rings. The fraction of sp³-hybridized carbons (Fsp3) is 0.474. The number of hydrogen-bond acceptors (Lipinski definition) is 8. The molecule has 0 spiro atoms. The van der Waals surface area contributed by atoms with E-state index in [1.54, 1.807) is 6.92 Å². The molecule has 0 aliphatic heterocycles. The fourth-order valence-corrected chi connectivity index (χ4v) is 3.61. The summed E-state index contributed by atoms with van der Waals surface area (Å²) in [5, 5.41) is 22.0. The topological polar surface area (TPSA) is 155 Å². The zero-order valence-electron chi connectivity index (χ0n) is 17.8. The van der Waals surface area contributed by atoms with Gasteiger partial charge >= 0.3 is 0 Å². The zero-order chi connectivity index (χ0) is 23.1. The predicted octanol–water partition coefficient (Wildman–Crippen LogP) is 2.39. The summed E-state index contributed by atoms with van der Waals surface area (Å²) in [6, 6.07) is 3.97. The Balaban J connectivity index is 2.18. The summed E-state index contributed by atoms with van der Waals surface area (Å²) in [7, 11) is 1.41. The standard InChI is InChI=1S/C19H26N6O5S/c1-11(2)10-24-17(8-7-16(20)26)22-23-19(24)31-12(3)18(27)21-14-9-13(25(28)29)5-6-15(14)30-4/h5-6,9,11-12H,7-8,10H2,1-4H3,(H2,20,26)(H,21,27). The third-order valence-electron chi connectivity index (χ3n) is 4.24. The van der Waals surface area contributed by atoms with Crippen molar-refractivity contribution in [3.63, 3.8) is 0 Å². The van der Waals surface area contributed by atoms with Crippen LogP contribution in [0.2, 0.25) is 0 Å². The second kappa shape index (κ2) is 10.8. The summed E-state index contributed by atoms with van der Waals surface area (Å²) in [6.07, 6.45) is 0.518. The van der Waals surface area contributed by atoms with E-state index in [1.807, 2.05) is 18.4 Å². The minimum Gasteiger partial charge on any atom is -0.495 e. The van der Waals surface area contributed by atoms with Crippen LogP contribution in [0.3, 0.4) is 0 Å². The number of aryl methyl sites for hydroxylation is 1. The Hall–Kier alpha value is -3.15. The van der Waals surface area contributed by atoms with E-state index in [0.717, 1.165) is 0 Å². The van der Waals surface area contributed by atoms with Gasteiger partial charge in [-0.05, 0) is 18.9 Å². The SMILES string of the molecule is COc1ccc([N+](=O)[O-])cc1NC(=O)C(C)Sc1nnc(CCC(N)=O)n1CC(C)C. The van der Waals surface area contributed by atoms with Crippen LogP contribution in [-0.4, -0.2) is 43.9 Å². The van der Waals surface area contributed by atoms with E-state index in [-0.39, 0.29) is 23.7 Å². The maximum absolute atomic E-state index is 12.7. The van der Waals surface area contributed by atoms with E-state index in [1.165, 1.54) is 37.1 Å². The largest absolute Gasteiger partial charge is 0.495 e. The Morgan fingerprint density at radius 3 is 2.61 bits per heavy atom. The van der Waals surface area contributed by atoms with Crippen molar-refractivity contribution in [2.24, 2.45) is 11.7 Å². The van der Waals surface area contributed by atoms with E-state index >= 15 is 0 Å². The van der Waals surface area contributed by atoms with Gasteiger partial charge in [0.2, 0.25) is 11.8 Å². The zero-order valence-corrected chi connectivity index (χ0v) is 18.6. The molecule has 1 atom stereocenters. The number of primary amides is 1. The van der Waals surface area contributed by atoms with Gasteiger partial charge in [0.15, 0.2) is 5.16 Å². The molecular formula is C19H26N6O5S. The molecule has 0 saturated carbocycles. The van der Waals surface area contributed by atoms with Crippen molar-refractivity contribution in [1.29, 1.82) is 0 Å². The van der Waals surface area contributed by atoms with Gasteiger partial charge in [-0.15, -0.1) is 10.2 Å². The number of thioether (sulfide) groups is 1. The summed E-state index contributed by atoms with van der Waals surface area (Å²) < 4.78 is 7.07. The summed E-state index contributed by atoms with van der Waals surface area (Å²) in [5.74, 6) is 0.435. The number of carbonyl (C=O) groups excluding carboxylic acids is 2. The molecule has 11 nitrogen and oxygen atoms in total. The molecule has 1 aromatic heterocycles. The molecule has 168 valence electrons. The lowest BCUT2D eigenvalue weighted by Gasteiger charge is -2.16. The van der Waals surface area contributed by atoms with E-state index in [0.29, 0.717) is 35.6 Å². The van der Waals surface area contributed by atoms with Gasteiger partial charge in [0.05, 0.1) is 23.0 Å². The van der Waals surface area contributed by atoms with Gasteiger partial charge in [0, 0.05) is 31.5 Å². The first-order valence-corrected chi connectivity index (χ1v) is 10.5. The number of hydrogen-bond donors (Lipinski definition) is 2. The van der Waals surface area contributed by atoms with Crippen LogP contribution >= 0.6 is 11.8 Å². The molecule has 0 aliphatic carbocycles. The highest BCUT2D eigenvalue weighted by molar-refractivity contribution is 8.00. The quantitative estimate of drug-likeness (QED) is 0.300. The maximum Gasteiger partial charge on any atom is 0.271 e. The van der Waals surface area contributed by atoms with Crippen LogP contribution in [-0.2, 0) is 22.6 Å². The molecule has 0 bridgehead atoms. The molecule has 0 fully saturated rings. The van der Waals surface area contributed by atoms with Crippen LogP contribution in [0.4, 0.5) is 11.4 Å². The Morgan fingerprint density at radius 2 is 2.03 bits per heavy atom. The number of benzene rings is 1. The van der Waals surface area contributed by atoms with Gasteiger partial charge in [0.1, 0.15) is 11.6 Å². The summed E-state index contributed by atoms with van der Waals surface area (Å²) in [4.78, 5) is 34.4. The highest BCUT2D eigenvalue weighted by Gasteiger charge is 2.22. The number of carbonyl (C=O) groups is 2. The van der Waals surface area contributed by atoms with Crippen molar-refractivity contribution in [1.82, 2.24) is 14.8 Å². The van der Waals surface area contributed by atoms with Gasteiger partial charge in [-0.1, -0.05) is 25.6 Å². The lowest BCUT2D eigenvalue weighted by atomic mass is 10.2. The minimum atomic E-state index is -0.580. The van der Waals surface area contributed by atoms with Crippen LogP contribution in [0.15, 0.2) is 23.4 Å². The second-order valence-corrected chi connectivity index (χ2v) is 8.57. The molecule has 0 saturated heterocycles. The molecule has 31 heavy (non-hydrogen) atoms. The van der Waals surface area contributed by atoms with Crippen molar-refractivity contribution in [2.45, 2.75) is 50.6 Å². The van der Waals surface area contributed by atoms with Crippen LogP contribution < -0.4 is 15.8 Å². The molecule has 1 aromatic carbocycles. The number of non-ortho nitro benzene ring substituents is 1. The van der Waals surface area contributed by atoms with Crippen molar-refractivity contribution in [3.05, 3.63) is 34.1 Å². The molecule has 1 heterocycles. The molecule has 0 radical (unpaired) electrons. The summed E-state index contributed by atoms with van der Waals surface area (Å²) in [5.41, 5.74) is 5.29. The molecule has 2 amide bonds. The monoisotopic (exact) mass is 450 g/mol. The second-order valence-electron chi connectivity index (χ2n) is 7.26. The molecular weight excluding hydrogens is 424 g/mol. The van der Waals surface area contributed by atoms with Crippen LogP contribution in [0.5, 0.6) is 5.75 Å². The first kappa shape index (κ1) is 24.1. The number of nitro benzene ring substituents is 1. The Kier molecular flexibility index (Phi) is 8.37. The van der Waals surface area contributed by atoms with E-state index in [4.69, 9.17) is 10.5 Å². The normalized spacial score (nSPS) is 11.9. The third kappa shape index (κ3) is 6.67. The molecule has 3 N–H and O–H groups in total. The van der Waals surface area contributed by atoms with Gasteiger partial charge < -0.3 is 20.4 Å². The van der Waals surface area contributed by atoms with Gasteiger partial charge in [-0.25, -0.2) is 0 Å². The highest BCUT2D eigenvalue weighted by atomic mass is 32.2. The number of aromatic nitrogens is 3. The number of rotatable bonds is 11. The van der Waals surface area contributed by atoms with Crippen molar-refractivity contribution >= 4 is 35.0 Å². The predicted molar refractivity (Wildman–Crippen MR) is 116 cm³/mol. The first-order valence-electron chi connectivity index (χ1n) is 9.62. The fourth-order valence-electron chi connectivity index (χ4n) is 2.73. The van der Waals surface area contributed by atoms with Crippen LogP contribution in [0.1, 0.15) is 33.0 Å². The maximum atomic E-state index is 12.7. The summed E-state index contributed by atoms with van der Waals surface area (Å²) in [6.45, 7) is 6.39. The third-order valence-corrected chi connectivity index (χ3v) is 5.32. The molecule has 2 rings (SSSR count). The van der Waals surface area contributed by atoms with Crippen molar-refractivity contribution < 1.29 is 19.2 Å². The van der Waals surface area contributed by atoms with E-state index < -0.39 is 16.1 Å². The van der Waals surface area contributed by atoms with Gasteiger partial charge in [-0.2, -0.15) is 0 Å². The van der Waals surface area contributed by atoms with Crippen molar-refractivity contribution in [2.75, 3.05) is 12.4 Å². The molecule has 1 unspecified atom stereocenters. The van der Waals surface area contributed by atoms with E-state index in [9.17, 15) is 19.7 Å². The average Bonchev–Trinajstić information content (AvgIpc) is 3.06. The number of nitrogens with zero attached hydrogens (tertiary/aromatic N) is 4. The van der Waals surface area contributed by atoms with Gasteiger partial charge in [-0.3, -0.25) is 19.7 Å². The number of anilines is 1. The first-order chi connectivity index (χ1) is 14.6. The average molecular weight is 451 g/mol. The smallest absolute Gasteiger partial charge is 0.271 e. The lowest BCUT2D eigenvalue weighted by Crippen LogP contribution is -2.23. The number of methoxy groups -OCH3 is 1. The molecule has 0 aliphatic rings. The Bertz CT molecular complexity index is 961. The number of nitrogens with one attached hydrogen (secondary N) is 1. The van der Waals surface area contributed by atoms with Crippen LogP contribution in [0.25, 0.3) is 0 Å². The Morgan fingerprint density at radius 1 is 1.32 bits per heavy atom. The summed E-state index contributed by atoms with van der Waals surface area (Å²) >= 11 is 1.21. The van der Waals surface area contributed by atoms with E-state index in [2.05, 4.69) is 15.5 Å². The van der Waals surface area contributed by atoms with Crippen LogP contribution in [0, 0.1) is 16.0 Å². The number of ether oxygens (including phenoxy) is 1. The van der Waals surface area contributed by atoms with Gasteiger partial charge in [0.25, 0.3) is 5.69 Å². The number of nitrogens with two attached hydrogens (primary N) is 1. The number of amides is 2. The Labute approximate surface area is 183 Å². The minimum absolute atomic E-state index is 0.156. The van der Waals surface area contributed by atoms with Crippen molar-refractivity contribution in [3.8, 4) is 5.75 Å². The molecule has 12 heteroatoms. The number of nitro groups is 1. The lowest BCUT2D eigenvalue weighted by molar-refractivity contribution is -0.384.